The van der Waals surface area contributed by atoms with Gasteiger partial charge >= 0.3 is 0 Å². The minimum atomic E-state index is -1.18. The Morgan fingerprint density at radius 1 is 1.10 bits per heavy atom. The summed E-state index contributed by atoms with van der Waals surface area (Å²) in [6, 6.07) is 10.0. The molecular formula is C30H28F3N3O5. The highest BCUT2D eigenvalue weighted by molar-refractivity contribution is 6.01. The molecule has 2 bridgehead atoms. The van der Waals surface area contributed by atoms with E-state index in [0.717, 1.165) is 18.4 Å². The van der Waals surface area contributed by atoms with Crippen molar-refractivity contribution in [1.29, 1.82) is 0 Å². The molecule has 2 atom stereocenters. The van der Waals surface area contributed by atoms with Crippen LogP contribution >= 0.6 is 0 Å². The minimum Gasteiger partial charge on any atom is -0.483 e. The molecule has 2 aromatic carbocycles. The molecule has 1 spiro atoms. The summed E-state index contributed by atoms with van der Waals surface area (Å²) in [6.07, 6.45) is 2.65. The summed E-state index contributed by atoms with van der Waals surface area (Å²) in [5.74, 6) is -5.70. The maximum atomic E-state index is 14.3. The number of aliphatic hydroxyl groups excluding tert-OH is 1. The van der Waals surface area contributed by atoms with Crippen molar-refractivity contribution in [3.05, 3.63) is 98.2 Å². The zero-order chi connectivity index (χ0) is 28.9. The summed E-state index contributed by atoms with van der Waals surface area (Å²) < 4.78 is 49.7. The average molecular weight is 568 g/mol. The van der Waals surface area contributed by atoms with Crippen LogP contribution in [0.2, 0.25) is 0 Å². The fraction of sp³-hybridized carbons (Fsp3) is 0.367. The van der Waals surface area contributed by atoms with Gasteiger partial charge < -0.3 is 24.6 Å². The highest BCUT2D eigenvalue weighted by Crippen LogP contribution is 2.50. The number of aliphatic hydroxyl groups is 1. The number of hydrogen-bond donors (Lipinski definition) is 2. The molecule has 2 N–H and O–H groups in total. The van der Waals surface area contributed by atoms with E-state index in [4.69, 9.17) is 4.74 Å². The first kappa shape index (κ1) is 27.1. The molecular weight excluding hydrogens is 539 g/mol. The van der Waals surface area contributed by atoms with Gasteiger partial charge in [-0.1, -0.05) is 30.3 Å². The highest BCUT2D eigenvalue weighted by atomic mass is 19.1. The lowest BCUT2D eigenvalue weighted by Crippen LogP contribution is -2.52. The largest absolute Gasteiger partial charge is 0.483 e. The topological polar surface area (TPSA) is 101 Å². The molecule has 8 nitrogen and oxygen atoms in total. The standard InChI is InChI=1S/C30H28F3N3O5/c31-19-10-21(32)20(22(33)11-19)13-34-28(39)23-24-18(14-37)12-30-8-4-5-9-35(16-30)29(40)25(36(24)30)27(26(23)38)41-15-17-6-2-1-3-7-17/h1-3,6-7,10-11,18,37H,4-5,8-9,12-16H2,(H,34,39)/t18-,30+/m1/s1. The van der Waals surface area contributed by atoms with E-state index in [0.29, 0.717) is 38.1 Å². The van der Waals surface area contributed by atoms with Crippen molar-refractivity contribution in [2.24, 2.45) is 0 Å². The lowest BCUT2D eigenvalue weighted by Gasteiger charge is -2.42. The Morgan fingerprint density at radius 3 is 2.54 bits per heavy atom. The van der Waals surface area contributed by atoms with Gasteiger partial charge in [0.2, 0.25) is 5.43 Å². The number of fused-ring (bicyclic) bond motifs is 1. The Morgan fingerprint density at radius 2 is 1.83 bits per heavy atom. The number of carbonyl (C=O) groups is 2. The minimum absolute atomic E-state index is 0.0425. The fourth-order valence-corrected chi connectivity index (χ4v) is 6.56. The lowest BCUT2D eigenvalue weighted by molar-refractivity contribution is 0.0574. The Hall–Kier alpha value is -4.12. The molecule has 1 aromatic heterocycles. The van der Waals surface area contributed by atoms with Crippen molar-refractivity contribution in [3.63, 3.8) is 0 Å². The molecule has 2 amide bonds. The van der Waals surface area contributed by atoms with Gasteiger partial charge in [-0.15, -0.1) is 0 Å². The van der Waals surface area contributed by atoms with Gasteiger partial charge in [0, 0.05) is 48.9 Å². The Kier molecular flexibility index (Phi) is 6.85. The Labute approximate surface area is 233 Å². The zero-order valence-electron chi connectivity index (χ0n) is 22.1. The van der Waals surface area contributed by atoms with Crippen molar-refractivity contribution in [2.75, 3.05) is 19.7 Å². The van der Waals surface area contributed by atoms with Gasteiger partial charge in [0.1, 0.15) is 29.6 Å². The van der Waals surface area contributed by atoms with Gasteiger partial charge in [0.15, 0.2) is 11.4 Å². The number of nitrogens with one attached hydrogen (secondary N) is 1. The number of carbonyl (C=O) groups excluding carboxylic acids is 2. The molecule has 0 unspecified atom stereocenters. The number of ether oxygens (including phenoxy) is 1. The van der Waals surface area contributed by atoms with E-state index in [9.17, 15) is 32.7 Å². The molecule has 11 heteroatoms. The van der Waals surface area contributed by atoms with E-state index in [1.54, 1.807) is 33.7 Å². The molecule has 3 aliphatic rings. The second-order valence-electron chi connectivity index (χ2n) is 10.9. The van der Waals surface area contributed by atoms with Crippen molar-refractivity contribution in [3.8, 4) is 5.75 Å². The van der Waals surface area contributed by atoms with Crippen molar-refractivity contribution < 1.29 is 32.6 Å². The normalized spacial score (nSPS) is 20.9. The number of rotatable bonds is 7. The quantitative estimate of drug-likeness (QED) is 0.455. The molecule has 0 radical (unpaired) electrons. The number of pyridine rings is 1. The molecule has 0 saturated carbocycles. The third-order valence-corrected chi connectivity index (χ3v) is 8.36. The first-order valence-electron chi connectivity index (χ1n) is 13.6. The van der Waals surface area contributed by atoms with Crippen LogP contribution < -0.4 is 15.5 Å². The lowest BCUT2D eigenvalue weighted by atomic mass is 9.86. The fourth-order valence-electron chi connectivity index (χ4n) is 6.56. The number of halogens is 3. The van der Waals surface area contributed by atoms with Gasteiger partial charge in [0.25, 0.3) is 11.8 Å². The molecule has 214 valence electrons. The van der Waals surface area contributed by atoms with Gasteiger partial charge in [0.05, 0.1) is 12.1 Å². The summed E-state index contributed by atoms with van der Waals surface area (Å²) in [5.41, 5.74) is -1.40. The Balaban J connectivity index is 1.50. The summed E-state index contributed by atoms with van der Waals surface area (Å²) in [6.45, 7) is -0.182. The molecule has 3 aromatic rings. The van der Waals surface area contributed by atoms with Crippen LogP contribution in [0.1, 0.15) is 69.3 Å². The summed E-state index contributed by atoms with van der Waals surface area (Å²) in [5, 5.41) is 12.8. The average Bonchev–Trinajstić information content (AvgIpc) is 3.12. The van der Waals surface area contributed by atoms with Crippen LogP contribution in [0.5, 0.6) is 5.75 Å². The number of benzene rings is 2. The predicted molar refractivity (Wildman–Crippen MR) is 141 cm³/mol. The summed E-state index contributed by atoms with van der Waals surface area (Å²) >= 11 is 0. The molecule has 1 saturated heterocycles. The van der Waals surface area contributed by atoms with Crippen molar-refractivity contribution in [1.82, 2.24) is 14.8 Å². The first-order chi connectivity index (χ1) is 19.7. The van der Waals surface area contributed by atoms with Crippen LogP contribution in [0.4, 0.5) is 13.2 Å². The van der Waals surface area contributed by atoms with Crippen LogP contribution in [-0.4, -0.2) is 46.1 Å². The molecule has 41 heavy (non-hydrogen) atoms. The highest BCUT2D eigenvalue weighted by Gasteiger charge is 2.54. The van der Waals surface area contributed by atoms with E-state index < -0.39 is 52.4 Å². The molecule has 1 fully saturated rings. The Bertz CT molecular complexity index is 1590. The van der Waals surface area contributed by atoms with E-state index in [-0.39, 0.29) is 41.8 Å². The van der Waals surface area contributed by atoms with Crippen molar-refractivity contribution in [2.45, 2.75) is 50.3 Å². The van der Waals surface area contributed by atoms with Crippen LogP contribution in [0.15, 0.2) is 47.3 Å². The first-order valence-corrected chi connectivity index (χ1v) is 13.6. The molecule has 4 heterocycles. The molecule has 6 rings (SSSR count). The second kappa shape index (κ2) is 10.4. The second-order valence-corrected chi connectivity index (χ2v) is 10.9. The van der Waals surface area contributed by atoms with Crippen LogP contribution in [0.3, 0.4) is 0 Å². The smallest absolute Gasteiger partial charge is 0.274 e. The van der Waals surface area contributed by atoms with Gasteiger partial charge in [-0.2, -0.15) is 0 Å². The van der Waals surface area contributed by atoms with E-state index >= 15 is 0 Å². The maximum Gasteiger partial charge on any atom is 0.274 e. The summed E-state index contributed by atoms with van der Waals surface area (Å²) in [4.78, 5) is 43.2. The van der Waals surface area contributed by atoms with E-state index in [2.05, 4.69) is 5.32 Å². The monoisotopic (exact) mass is 567 g/mol. The number of nitrogens with zero attached hydrogens (tertiary/aromatic N) is 2. The van der Waals surface area contributed by atoms with Gasteiger partial charge in [-0.3, -0.25) is 14.4 Å². The van der Waals surface area contributed by atoms with E-state index in [1.165, 1.54) is 0 Å². The predicted octanol–water partition coefficient (Wildman–Crippen LogP) is 3.59. The van der Waals surface area contributed by atoms with Crippen LogP contribution in [-0.2, 0) is 18.7 Å². The molecule has 3 aliphatic heterocycles. The van der Waals surface area contributed by atoms with Crippen LogP contribution in [0.25, 0.3) is 0 Å². The number of aromatic nitrogens is 1. The van der Waals surface area contributed by atoms with Gasteiger partial charge in [-0.25, -0.2) is 13.2 Å². The third-order valence-electron chi connectivity index (χ3n) is 8.36. The van der Waals surface area contributed by atoms with Crippen molar-refractivity contribution >= 4 is 11.8 Å². The van der Waals surface area contributed by atoms with Gasteiger partial charge in [-0.05, 0) is 31.2 Å². The molecule has 0 aliphatic carbocycles. The number of hydrogen-bond acceptors (Lipinski definition) is 5. The van der Waals surface area contributed by atoms with E-state index in [1.807, 2.05) is 6.07 Å². The number of amides is 2. The third kappa shape index (κ3) is 4.48. The maximum absolute atomic E-state index is 14.3. The SMILES string of the molecule is O=C(NCc1c(F)cc(F)cc1F)c1c2n3c(c(OCc4ccccc4)c1=O)C(=O)N1CCCC[C@]3(C[C@@H]2CO)C1. The summed E-state index contributed by atoms with van der Waals surface area (Å²) in [7, 11) is 0. The zero-order valence-corrected chi connectivity index (χ0v) is 22.1. The van der Waals surface area contributed by atoms with Crippen LogP contribution in [0, 0.1) is 17.5 Å².